The minimum Gasteiger partial charge on any atom is -0.493 e. The third kappa shape index (κ3) is 3.20. The van der Waals surface area contributed by atoms with Crippen LogP contribution in [0.25, 0.3) is 0 Å². The second-order valence-corrected chi connectivity index (χ2v) is 7.37. The van der Waals surface area contributed by atoms with Crippen LogP contribution in [0.5, 0.6) is 11.5 Å². The Morgan fingerprint density at radius 3 is 2.59 bits per heavy atom. The fraction of sp³-hybridized carbons (Fsp3) is 0.435. The smallest absolute Gasteiger partial charge is 0.191 e. The van der Waals surface area contributed by atoms with Gasteiger partial charge in [0.25, 0.3) is 0 Å². The second kappa shape index (κ2) is 8.29. The van der Waals surface area contributed by atoms with E-state index in [1.54, 1.807) is 7.11 Å². The first-order chi connectivity index (χ1) is 14.1. The Bertz CT molecular complexity index is 974. The van der Waals surface area contributed by atoms with Crippen molar-refractivity contribution in [2.75, 3.05) is 13.7 Å². The van der Waals surface area contributed by atoms with Gasteiger partial charge < -0.3 is 15.2 Å². The first-order valence-corrected chi connectivity index (χ1v) is 9.81. The number of rotatable bonds is 5. The molecule has 6 nitrogen and oxygen atoms in total. The van der Waals surface area contributed by atoms with Crippen LogP contribution in [0.15, 0.2) is 41.1 Å². The van der Waals surface area contributed by atoms with Gasteiger partial charge in [-0.25, -0.2) is 0 Å². The summed E-state index contributed by atoms with van der Waals surface area (Å²) in [6, 6.07) is 12.0. The highest BCUT2D eigenvalue weighted by atomic mass is 16.5. The molecular weight excluding hydrogens is 364 g/mol. The predicted molar refractivity (Wildman–Crippen MR) is 107 cm³/mol. The molecule has 0 aliphatic heterocycles. The minimum absolute atomic E-state index is 0.0460. The molecule has 1 aromatic carbocycles. The lowest BCUT2D eigenvalue weighted by molar-refractivity contribution is 0.291. The van der Waals surface area contributed by atoms with Crippen molar-refractivity contribution in [1.29, 1.82) is 15.8 Å². The van der Waals surface area contributed by atoms with E-state index < -0.39 is 11.3 Å². The normalized spacial score (nSPS) is 22.4. The van der Waals surface area contributed by atoms with Gasteiger partial charge in [0.15, 0.2) is 16.9 Å². The number of benzene rings is 1. The Labute approximate surface area is 171 Å². The maximum atomic E-state index is 10.1. The zero-order valence-corrected chi connectivity index (χ0v) is 16.7. The van der Waals surface area contributed by atoms with E-state index >= 15 is 0 Å². The van der Waals surface area contributed by atoms with Crippen molar-refractivity contribution in [2.45, 2.75) is 38.5 Å². The Balaban J connectivity index is 2.22. The number of fused-ring (bicyclic) bond motifs is 1. The fourth-order valence-electron chi connectivity index (χ4n) is 4.46. The van der Waals surface area contributed by atoms with Crippen molar-refractivity contribution in [1.82, 2.24) is 0 Å². The topological polar surface area (TPSA) is 116 Å². The summed E-state index contributed by atoms with van der Waals surface area (Å²) in [5, 5.41) is 29.8. The van der Waals surface area contributed by atoms with Gasteiger partial charge in [-0.3, -0.25) is 0 Å². The van der Waals surface area contributed by atoms with Crippen LogP contribution in [0.1, 0.15) is 44.1 Å². The van der Waals surface area contributed by atoms with Gasteiger partial charge in [0, 0.05) is 5.92 Å². The van der Waals surface area contributed by atoms with Gasteiger partial charge >= 0.3 is 0 Å². The number of hydrogen-bond donors (Lipinski definition) is 1. The first-order valence-electron chi connectivity index (χ1n) is 9.81. The SMILES string of the molecule is CCCOc1ccc(C2C3CCCC=C3C(C#N)=C(N)C2(C#N)C#N)cc1OC. The van der Waals surface area contributed by atoms with Crippen molar-refractivity contribution in [2.24, 2.45) is 17.1 Å². The van der Waals surface area contributed by atoms with Crippen molar-refractivity contribution in [3.05, 3.63) is 46.7 Å². The lowest BCUT2D eigenvalue weighted by Gasteiger charge is -2.43. The summed E-state index contributed by atoms with van der Waals surface area (Å²) in [5.74, 6) is 0.553. The largest absolute Gasteiger partial charge is 0.493 e. The summed E-state index contributed by atoms with van der Waals surface area (Å²) < 4.78 is 11.3. The summed E-state index contributed by atoms with van der Waals surface area (Å²) in [6.07, 6.45) is 5.48. The quantitative estimate of drug-likeness (QED) is 0.812. The number of hydrogen-bond acceptors (Lipinski definition) is 6. The van der Waals surface area contributed by atoms with E-state index in [0.717, 1.165) is 36.8 Å². The van der Waals surface area contributed by atoms with E-state index in [4.69, 9.17) is 15.2 Å². The van der Waals surface area contributed by atoms with E-state index in [0.29, 0.717) is 18.1 Å². The lowest BCUT2D eigenvalue weighted by atomic mass is 9.57. The maximum Gasteiger partial charge on any atom is 0.191 e. The number of methoxy groups -OCH3 is 1. The van der Waals surface area contributed by atoms with Crippen LogP contribution < -0.4 is 15.2 Å². The van der Waals surface area contributed by atoms with Crippen LogP contribution in [-0.2, 0) is 0 Å². The molecule has 148 valence electrons. The molecule has 1 aromatic rings. The third-order valence-corrected chi connectivity index (χ3v) is 5.81. The van der Waals surface area contributed by atoms with E-state index in [1.165, 1.54) is 0 Å². The summed E-state index contributed by atoms with van der Waals surface area (Å²) in [5.41, 5.74) is 6.66. The van der Waals surface area contributed by atoms with E-state index in [-0.39, 0.29) is 17.2 Å². The molecule has 0 radical (unpaired) electrons. The zero-order valence-electron chi connectivity index (χ0n) is 16.7. The van der Waals surface area contributed by atoms with Crippen LogP contribution in [0.4, 0.5) is 0 Å². The van der Waals surface area contributed by atoms with E-state index in [2.05, 4.69) is 18.2 Å². The maximum absolute atomic E-state index is 10.1. The molecule has 0 amide bonds. The molecule has 2 atom stereocenters. The van der Waals surface area contributed by atoms with Crippen LogP contribution >= 0.6 is 0 Å². The van der Waals surface area contributed by atoms with E-state index in [1.807, 2.05) is 31.2 Å². The molecule has 0 fully saturated rings. The van der Waals surface area contributed by atoms with Gasteiger partial charge in [0.05, 0.1) is 37.1 Å². The summed E-state index contributed by atoms with van der Waals surface area (Å²) >= 11 is 0. The molecule has 0 saturated carbocycles. The van der Waals surface area contributed by atoms with Crippen LogP contribution in [0, 0.1) is 45.3 Å². The molecular formula is C23H24N4O2. The number of allylic oxidation sites excluding steroid dienone is 4. The number of nitrogens with zero attached hydrogens (tertiary/aromatic N) is 3. The molecule has 2 N–H and O–H groups in total. The molecule has 3 rings (SSSR count). The third-order valence-electron chi connectivity index (χ3n) is 5.81. The van der Waals surface area contributed by atoms with Crippen molar-refractivity contribution in [3.63, 3.8) is 0 Å². The van der Waals surface area contributed by atoms with Gasteiger partial charge in [0.2, 0.25) is 0 Å². The molecule has 0 aromatic heterocycles. The Morgan fingerprint density at radius 2 is 1.97 bits per heavy atom. The fourth-order valence-corrected chi connectivity index (χ4v) is 4.46. The van der Waals surface area contributed by atoms with Crippen molar-refractivity contribution < 1.29 is 9.47 Å². The Hall–Kier alpha value is -3.43. The van der Waals surface area contributed by atoms with Gasteiger partial charge in [-0.05, 0) is 54.9 Å². The molecule has 0 spiro atoms. The molecule has 0 bridgehead atoms. The highest BCUT2D eigenvalue weighted by molar-refractivity contribution is 5.60. The zero-order chi connectivity index (χ0) is 21.0. The van der Waals surface area contributed by atoms with Gasteiger partial charge in [-0.15, -0.1) is 0 Å². The Kier molecular flexibility index (Phi) is 5.81. The summed E-state index contributed by atoms with van der Waals surface area (Å²) in [7, 11) is 1.56. The standard InChI is InChI=1S/C23H24N4O2/c1-3-10-29-19-9-8-15(11-20(19)28-2)21-17-7-5-4-6-16(17)18(12-24)22(27)23(21,13-25)14-26/h6,8-9,11,17,21H,3-5,7,10,27H2,1-2H3. The molecule has 0 saturated heterocycles. The molecule has 2 unspecified atom stereocenters. The molecule has 29 heavy (non-hydrogen) atoms. The highest BCUT2D eigenvalue weighted by Gasteiger charge is 2.53. The predicted octanol–water partition coefficient (Wildman–Crippen LogP) is 4.08. The average molecular weight is 388 g/mol. The monoisotopic (exact) mass is 388 g/mol. The summed E-state index contributed by atoms with van der Waals surface area (Å²) in [4.78, 5) is 0. The second-order valence-electron chi connectivity index (χ2n) is 7.37. The van der Waals surface area contributed by atoms with Gasteiger partial charge in [-0.2, -0.15) is 15.8 Å². The molecule has 2 aliphatic carbocycles. The summed E-state index contributed by atoms with van der Waals surface area (Å²) in [6.45, 7) is 2.59. The van der Waals surface area contributed by atoms with Crippen molar-refractivity contribution >= 4 is 0 Å². The van der Waals surface area contributed by atoms with Gasteiger partial charge in [0.1, 0.15) is 6.07 Å². The number of nitriles is 3. The average Bonchev–Trinajstić information content (AvgIpc) is 2.77. The van der Waals surface area contributed by atoms with Crippen LogP contribution in [-0.4, -0.2) is 13.7 Å². The molecule has 2 aliphatic rings. The number of ether oxygens (including phenoxy) is 2. The van der Waals surface area contributed by atoms with Crippen LogP contribution in [0.2, 0.25) is 0 Å². The van der Waals surface area contributed by atoms with Gasteiger partial charge in [-0.1, -0.05) is 19.1 Å². The van der Waals surface area contributed by atoms with E-state index in [9.17, 15) is 15.8 Å². The first kappa shape index (κ1) is 20.3. The Morgan fingerprint density at radius 1 is 1.21 bits per heavy atom. The molecule has 6 heteroatoms. The van der Waals surface area contributed by atoms with Crippen molar-refractivity contribution in [3.8, 4) is 29.7 Å². The minimum atomic E-state index is -1.61. The molecule has 0 heterocycles. The number of nitrogens with two attached hydrogens (primary N) is 1. The lowest BCUT2D eigenvalue weighted by Crippen LogP contribution is -2.42. The highest BCUT2D eigenvalue weighted by Crippen LogP contribution is 2.56. The van der Waals surface area contributed by atoms with Crippen LogP contribution in [0.3, 0.4) is 0 Å².